The predicted molar refractivity (Wildman–Crippen MR) is 70.5 cm³/mol. The number of nitrogens with zero attached hydrogens (tertiary/aromatic N) is 2. The number of halogens is 1. The lowest BCUT2D eigenvalue weighted by molar-refractivity contribution is 0.0601. The van der Waals surface area contributed by atoms with Crippen molar-refractivity contribution in [2.45, 2.75) is 45.8 Å². The zero-order valence-corrected chi connectivity index (χ0v) is 11.8. The average Bonchev–Trinajstić information content (AvgIpc) is 2.55. The van der Waals surface area contributed by atoms with Crippen molar-refractivity contribution < 1.29 is 5.11 Å². The standard InChI is InChI=1S/C12H22ClN3O/c1-5-9-11(13)10(16(6-2)15-9)7-12(3,17)8-14-4/h14,17H,5-8H2,1-4H3. The van der Waals surface area contributed by atoms with Crippen LogP contribution in [0.15, 0.2) is 0 Å². The Labute approximate surface area is 108 Å². The molecule has 1 aromatic rings. The first-order chi connectivity index (χ1) is 7.95. The number of hydrogen-bond acceptors (Lipinski definition) is 3. The lowest BCUT2D eigenvalue weighted by Crippen LogP contribution is -2.38. The van der Waals surface area contributed by atoms with E-state index in [-0.39, 0.29) is 0 Å². The number of aliphatic hydroxyl groups is 1. The molecule has 0 aliphatic carbocycles. The highest BCUT2D eigenvalue weighted by molar-refractivity contribution is 6.31. The van der Waals surface area contributed by atoms with E-state index in [1.54, 1.807) is 6.92 Å². The molecule has 0 saturated heterocycles. The minimum Gasteiger partial charge on any atom is -0.388 e. The molecule has 0 amide bonds. The van der Waals surface area contributed by atoms with Crippen LogP contribution in [-0.2, 0) is 19.4 Å². The van der Waals surface area contributed by atoms with E-state index in [0.29, 0.717) is 18.0 Å². The largest absolute Gasteiger partial charge is 0.388 e. The van der Waals surface area contributed by atoms with Crippen molar-refractivity contribution in [3.8, 4) is 0 Å². The van der Waals surface area contributed by atoms with Gasteiger partial charge in [0.2, 0.25) is 0 Å². The van der Waals surface area contributed by atoms with Crippen LogP contribution in [0.1, 0.15) is 32.2 Å². The normalized spacial score (nSPS) is 14.9. The molecule has 1 rings (SSSR count). The molecule has 1 aromatic heterocycles. The second-order valence-electron chi connectivity index (χ2n) is 4.58. The number of nitrogens with one attached hydrogen (secondary N) is 1. The summed E-state index contributed by atoms with van der Waals surface area (Å²) in [5.41, 5.74) is 1.02. The third kappa shape index (κ3) is 3.44. The van der Waals surface area contributed by atoms with Crippen LogP contribution >= 0.6 is 11.6 Å². The van der Waals surface area contributed by atoms with Crippen LogP contribution in [0.5, 0.6) is 0 Å². The maximum Gasteiger partial charge on any atom is 0.0850 e. The fraction of sp³-hybridized carbons (Fsp3) is 0.750. The van der Waals surface area contributed by atoms with Gasteiger partial charge in [0.05, 0.1) is 22.0 Å². The van der Waals surface area contributed by atoms with Gasteiger partial charge in [0.1, 0.15) is 0 Å². The van der Waals surface area contributed by atoms with E-state index in [0.717, 1.165) is 24.4 Å². The summed E-state index contributed by atoms with van der Waals surface area (Å²) in [5, 5.41) is 18.4. The molecule has 5 heteroatoms. The Morgan fingerprint density at radius 2 is 2.12 bits per heavy atom. The first-order valence-electron chi connectivity index (χ1n) is 6.06. The van der Waals surface area contributed by atoms with Crippen molar-refractivity contribution in [2.24, 2.45) is 0 Å². The van der Waals surface area contributed by atoms with Crippen LogP contribution in [0.4, 0.5) is 0 Å². The summed E-state index contributed by atoms with van der Waals surface area (Å²) in [6.45, 7) is 7.16. The van der Waals surface area contributed by atoms with Gasteiger partial charge in [-0.2, -0.15) is 5.10 Å². The average molecular weight is 260 g/mol. The Morgan fingerprint density at radius 3 is 2.59 bits per heavy atom. The summed E-state index contributed by atoms with van der Waals surface area (Å²) in [6.07, 6.45) is 1.32. The van der Waals surface area contributed by atoms with Gasteiger partial charge >= 0.3 is 0 Å². The molecule has 1 unspecified atom stereocenters. The molecular weight excluding hydrogens is 238 g/mol. The van der Waals surface area contributed by atoms with Gasteiger partial charge in [0.25, 0.3) is 0 Å². The molecule has 2 N–H and O–H groups in total. The second kappa shape index (κ2) is 5.85. The van der Waals surface area contributed by atoms with E-state index in [1.165, 1.54) is 0 Å². The molecule has 0 aliphatic heterocycles. The third-order valence-corrected chi connectivity index (χ3v) is 3.24. The first kappa shape index (κ1) is 14.5. The van der Waals surface area contributed by atoms with Gasteiger partial charge in [0.15, 0.2) is 0 Å². The maximum atomic E-state index is 10.2. The molecule has 0 radical (unpaired) electrons. The monoisotopic (exact) mass is 259 g/mol. The highest BCUT2D eigenvalue weighted by Gasteiger charge is 2.25. The first-order valence-corrected chi connectivity index (χ1v) is 6.44. The Bertz CT molecular complexity index is 374. The third-order valence-electron chi connectivity index (χ3n) is 2.80. The van der Waals surface area contributed by atoms with Crippen LogP contribution in [0, 0.1) is 0 Å². The van der Waals surface area contributed by atoms with E-state index in [9.17, 15) is 5.11 Å². The summed E-state index contributed by atoms with van der Waals surface area (Å²) >= 11 is 6.30. The fourth-order valence-corrected chi connectivity index (χ4v) is 2.33. The van der Waals surface area contributed by atoms with Crippen LogP contribution < -0.4 is 5.32 Å². The lowest BCUT2D eigenvalue weighted by Gasteiger charge is -2.23. The zero-order valence-electron chi connectivity index (χ0n) is 11.0. The fourth-order valence-electron chi connectivity index (χ4n) is 1.99. The number of rotatable bonds is 6. The van der Waals surface area contributed by atoms with E-state index < -0.39 is 5.60 Å². The Kier molecular flexibility index (Phi) is 4.98. The highest BCUT2D eigenvalue weighted by atomic mass is 35.5. The number of hydrogen-bond donors (Lipinski definition) is 2. The van der Waals surface area contributed by atoms with Gasteiger partial charge in [-0.05, 0) is 27.3 Å². The molecule has 0 aliphatic rings. The van der Waals surface area contributed by atoms with E-state index >= 15 is 0 Å². The molecular formula is C12H22ClN3O. The van der Waals surface area contributed by atoms with E-state index in [1.807, 2.05) is 25.6 Å². The number of aryl methyl sites for hydroxylation is 2. The Balaban J connectivity index is 3.00. The van der Waals surface area contributed by atoms with E-state index in [2.05, 4.69) is 10.4 Å². The van der Waals surface area contributed by atoms with Crippen molar-refractivity contribution in [1.29, 1.82) is 0 Å². The van der Waals surface area contributed by atoms with Crippen molar-refractivity contribution in [3.05, 3.63) is 16.4 Å². The van der Waals surface area contributed by atoms with Gasteiger partial charge in [-0.3, -0.25) is 4.68 Å². The van der Waals surface area contributed by atoms with Crippen molar-refractivity contribution >= 4 is 11.6 Å². The maximum absolute atomic E-state index is 10.2. The minimum absolute atomic E-state index is 0.507. The molecule has 1 atom stereocenters. The smallest absolute Gasteiger partial charge is 0.0850 e. The van der Waals surface area contributed by atoms with Gasteiger partial charge in [-0.1, -0.05) is 18.5 Å². The molecule has 0 saturated carbocycles. The van der Waals surface area contributed by atoms with Gasteiger partial charge < -0.3 is 10.4 Å². The van der Waals surface area contributed by atoms with Crippen LogP contribution in [0.3, 0.4) is 0 Å². The summed E-state index contributed by atoms with van der Waals surface area (Å²) in [5.74, 6) is 0. The number of likely N-dealkylation sites (N-methyl/N-ethyl adjacent to an activating group) is 1. The van der Waals surface area contributed by atoms with Crippen LogP contribution in [-0.4, -0.2) is 34.1 Å². The highest BCUT2D eigenvalue weighted by Crippen LogP contribution is 2.25. The van der Waals surface area contributed by atoms with Crippen LogP contribution in [0.2, 0.25) is 5.02 Å². The van der Waals surface area contributed by atoms with Crippen LogP contribution in [0.25, 0.3) is 0 Å². The molecule has 98 valence electrons. The number of aromatic nitrogens is 2. The van der Waals surface area contributed by atoms with Gasteiger partial charge in [0, 0.05) is 19.5 Å². The van der Waals surface area contributed by atoms with Gasteiger partial charge in [-0.15, -0.1) is 0 Å². The topological polar surface area (TPSA) is 50.1 Å². The van der Waals surface area contributed by atoms with E-state index in [4.69, 9.17) is 11.6 Å². The summed E-state index contributed by atoms with van der Waals surface area (Å²) in [7, 11) is 1.82. The molecule has 0 spiro atoms. The summed E-state index contributed by atoms with van der Waals surface area (Å²) in [4.78, 5) is 0. The minimum atomic E-state index is -0.809. The second-order valence-corrected chi connectivity index (χ2v) is 4.96. The van der Waals surface area contributed by atoms with Crippen molar-refractivity contribution in [3.63, 3.8) is 0 Å². The molecule has 4 nitrogen and oxygen atoms in total. The molecule has 17 heavy (non-hydrogen) atoms. The summed E-state index contributed by atoms with van der Waals surface area (Å²) < 4.78 is 1.88. The SMILES string of the molecule is CCc1nn(CC)c(CC(C)(O)CNC)c1Cl. The Hall–Kier alpha value is -0.580. The van der Waals surface area contributed by atoms with Crippen molar-refractivity contribution in [1.82, 2.24) is 15.1 Å². The Morgan fingerprint density at radius 1 is 1.47 bits per heavy atom. The molecule has 0 fully saturated rings. The lowest BCUT2D eigenvalue weighted by atomic mass is 10.00. The van der Waals surface area contributed by atoms with Gasteiger partial charge in [-0.25, -0.2) is 0 Å². The quantitative estimate of drug-likeness (QED) is 0.817. The summed E-state index contributed by atoms with van der Waals surface area (Å²) in [6, 6.07) is 0. The predicted octanol–water partition coefficient (Wildman–Crippen LogP) is 1.63. The molecule has 0 aromatic carbocycles. The molecule has 1 heterocycles. The van der Waals surface area contributed by atoms with Crippen molar-refractivity contribution in [2.75, 3.05) is 13.6 Å². The molecule has 0 bridgehead atoms. The zero-order chi connectivity index (χ0) is 13.1.